The van der Waals surface area contributed by atoms with E-state index in [1.807, 2.05) is 18.2 Å². The van der Waals surface area contributed by atoms with Crippen LogP contribution in [0, 0.1) is 11.3 Å². The third-order valence-electron chi connectivity index (χ3n) is 4.65. The van der Waals surface area contributed by atoms with E-state index in [1.165, 1.54) is 24.6 Å². The molecule has 0 heterocycles. The lowest BCUT2D eigenvalue weighted by Crippen LogP contribution is -1.99. The number of nitrogens with zero attached hydrogens (tertiary/aromatic N) is 1. The van der Waals surface area contributed by atoms with Crippen LogP contribution in [-0.2, 0) is 0 Å². The number of rotatable bonds is 9. The van der Waals surface area contributed by atoms with Crippen LogP contribution < -0.4 is 9.47 Å². The van der Waals surface area contributed by atoms with E-state index in [0.29, 0.717) is 29.4 Å². The summed E-state index contributed by atoms with van der Waals surface area (Å²) in [7, 11) is 0. The standard InChI is InChI=1S/C25H25NO4/c1-2-3-4-5-12-29-25-16-22(30-23-14-20(27)13-21(28)15-23)10-11-24(25)19-8-6-18(17-26)7-9-19/h6-11,13-16,27-28H,2-5,12H2,1H3. The molecule has 0 aliphatic rings. The van der Waals surface area contributed by atoms with Crippen LogP contribution in [0.4, 0.5) is 0 Å². The minimum Gasteiger partial charge on any atom is -0.508 e. The van der Waals surface area contributed by atoms with Gasteiger partial charge in [0.05, 0.1) is 18.2 Å². The molecule has 3 aromatic rings. The highest BCUT2D eigenvalue weighted by molar-refractivity contribution is 5.72. The molecule has 0 saturated heterocycles. The first-order valence-corrected chi connectivity index (χ1v) is 10.1. The second-order valence-corrected chi connectivity index (χ2v) is 7.04. The molecule has 5 heteroatoms. The van der Waals surface area contributed by atoms with Gasteiger partial charge in [0.15, 0.2) is 0 Å². The number of nitriles is 1. The van der Waals surface area contributed by atoms with Gasteiger partial charge in [-0.25, -0.2) is 0 Å². The van der Waals surface area contributed by atoms with Gasteiger partial charge in [0.25, 0.3) is 0 Å². The maximum absolute atomic E-state index is 9.66. The summed E-state index contributed by atoms with van der Waals surface area (Å²) in [5.41, 5.74) is 2.45. The maximum atomic E-state index is 9.66. The fraction of sp³-hybridized carbons (Fsp3) is 0.240. The highest BCUT2D eigenvalue weighted by Gasteiger charge is 2.11. The average molecular weight is 403 g/mol. The Kier molecular flexibility index (Phi) is 7.18. The number of hydrogen-bond donors (Lipinski definition) is 2. The first-order chi connectivity index (χ1) is 14.6. The molecule has 3 rings (SSSR count). The van der Waals surface area contributed by atoms with Crippen molar-refractivity contribution in [3.05, 3.63) is 66.2 Å². The summed E-state index contributed by atoms with van der Waals surface area (Å²) >= 11 is 0. The number of aromatic hydroxyl groups is 2. The Bertz CT molecular complexity index is 1000. The predicted molar refractivity (Wildman–Crippen MR) is 116 cm³/mol. The Balaban J connectivity index is 1.86. The summed E-state index contributed by atoms with van der Waals surface area (Å²) < 4.78 is 11.9. The fourth-order valence-corrected chi connectivity index (χ4v) is 3.12. The van der Waals surface area contributed by atoms with E-state index in [9.17, 15) is 10.2 Å². The van der Waals surface area contributed by atoms with Crippen molar-refractivity contribution in [2.24, 2.45) is 0 Å². The van der Waals surface area contributed by atoms with Crippen LogP contribution in [0.3, 0.4) is 0 Å². The third-order valence-corrected chi connectivity index (χ3v) is 4.65. The van der Waals surface area contributed by atoms with Gasteiger partial charge in [-0.15, -0.1) is 0 Å². The molecule has 3 aromatic carbocycles. The van der Waals surface area contributed by atoms with Crippen molar-refractivity contribution in [1.82, 2.24) is 0 Å². The van der Waals surface area contributed by atoms with Crippen molar-refractivity contribution < 1.29 is 19.7 Å². The van der Waals surface area contributed by atoms with Crippen LogP contribution in [0.2, 0.25) is 0 Å². The van der Waals surface area contributed by atoms with E-state index in [1.54, 1.807) is 24.3 Å². The molecule has 0 bridgehead atoms. The minimum atomic E-state index is -0.0772. The second kappa shape index (κ2) is 10.2. The van der Waals surface area contributed by atoms with E-state index in [0.717, 1.165) is 30.4 Å². The van der Waals surface area contributed by atoms with Crippen molar-refractivity contribution in [3.8, 4) is 45.9 Å². The fourth-order valence-electron chi connectivity index (χ4n) is 3.12. The van der Waals surface area contributed by atoms with Gasteiger partial charge in [-0.2, -0.15) is 5.26 Å². The molecular formula is C25H25NO4. The van der Waals surface area contributed by atoms with Crippen molar-refractivity contribution in [3.63, 3.8) is 0 Å². The highest BCUT2D eigenvalue weighted by Crippen LogP contribution is 2.36. The summed E-state index contributed by atoms with van der Waals surface area (Å²) in [4.78, 5) is 0. The molecule has 0 aliphatic carbocycles. The van der Waals surface area contributed by atoms with Gasteiger partial charge in [-0.3, -0.25) is 0 Å². The number of hydrogen-bond acceptors (Lipinski definition) is 5. The zero-order valence-corrected chi connectivity index (χ0v) is 17.0. The largest absolute Gasteiger partial charge is 0.508 e. The monoisotopic (exact) mass is 403 g/mol. The third kappa shape index (κ3) is 5.68. The molecule has 0 atom stereocenters. The van der Waals surface area contributed by atoms with E-state index < -0.39 is 0 Å². The summed E-state index contributed by atoms with van der Waals surface area (Å²) in [6, 6.07) is 19.1. The Morgan fingerprint density at radius 3 is 2.23 bits per heavy atom. The van der Waals surface area contributed by atoms with Gasteiger partial charge >= 0.3 is 0 Å². The predicted octanol–water partition coefficient (Wildman–Crippen LogP) is 6.39. The maximum Gasteiger partial charge on any atom is 0.134 e. The van der Waals surface area contributed by atoms with Crippen LogP contribution in [0.5, 0.6) is 28.7 Å². The van der Waals surface area contributed by atoms with Gasteiger partial charge in [-0.05, 0) is 36.2 Å². The van der Waals surface area contributed by atoms with Gasteiger partial charge < -0.3 is 19.7 Å². The molecule has 0 radical (unpaired) electrons. The van der Waals surface area contributed by atoms with Crippen LogP contribution in [0.15, 0.2) is 60.7 Å². The first kappa shape index (κ1) is 21.1. The van der Waals surface area contributed by atoms with Crippen LogP contribution in [0.25, 0.3) is 11.1 Å². The Labute approximate surface area is 176 Å². The van der Waals surface area contributed by atoms with Crippen LogP contribution in [0.1, 0.15) is 38.2 Å². The Morgan fingerprint density at radius 2 is 1.57 bits per heavy atom. The second-order valence-electron chi connectivity index (χ2n) is 7.04. The van der Waals surface area contributed by atoms with Gasteiger partial charge in [0.1, 0.15) is 28.7 Å². The van der Waals surface area contributed by atoms with Gasteiger partial charge in [-0.1, -0.05) is 38.3 Å². The summed E-state index contributed by atoms with van der Waals surface area (Å²) in [5.74, 6) is 1.38. The molecule has 0 saturated carbocycles. The van der Waals surface area contributed by atoms with Crippen molar-refractivity contribution in [1.29, 1.82) is 5.26 Å². The molecule has 0 aliphatic heterocycles. The van der Waals surface area contributed by atoms with E-state index >= 15 is 0 Å². The number of benzene rings is 3. The van der Waals surface area contributed by atoms with E-state index in [4.69, 9.17) is 14.7 Å². The summed E-state index contributed by atoms with van der Waals surface area (Å²) in [6.07, 6.45) is 4.42. The topological polar surface area (TPSA) is 82.7 Å². The molecule has 0 amide bonds. The van der Waals surface area contributed by atoms with Gasteiger partial charge in [0.2, 0.25) is 0 Å². The lowest BCUT2D eigenvalue weighted by molar-refractivity contribution is 0.305. The van der Waals surface area contributed by atoms with Crippen LogP contribution in [-0.4, -0.2) is 16.8 Å². The molecule has 0 spiro atoms. The molecule has 30 heavy (non-hydrogen) atoms. The van der Waals surface area contributed by atoms with Crippen molar-refractivity contribution in [2.75, 3.05) is 6.61 Å². The lowest BCUT2D eigenvalue weighted by Gasteiger charge is -2.14. The SMILES string of the molecule is CCCCCCOc1cc(Oc2cc(O)cc(O)c2)ccc1-c1ccc(C#N)cc1. The normalized spacial score (nSPS) is 10.4. The number of phenols is 2. The summed E-state index contributed by atoms with van der Waals surface area (Å²) in [5, 5.41) is 28.4. The quantitative estimate of drug-likeness (QED) is 0.405. The lowest BCUT2D eigenvalue weighted by atomic mass is 10.0. The Morgan fingerprint density at radius 1 is 0.833 bits per heavy atom. The highest BCUT2D eigenvalue weighted by atomic mass is 16.5. The molecule has 2 N–H and O–H groups in total. The zero-order chi connectivity index (χ0) is 21.3. The molecule has 0 aromatic heterocycles. The van der Waals surface area contributed by atoms with E-state index in [2.05, 4.69) is 13.0 Å². The minimum absolute atomic E-state index is 0.0772. The molecule has 0 fully saturated rings. The zero-order valence-electron chi connectivity index (χ0n) is 17.0. The van der Waals surface area contributed by atoms with Crippen molar-refractivity contribution >= 4 is 0 Å². The van der Waals surface area contributed by atoms with Crippen molar-refractivity contribution in [2.45, 2.75) is 32.6 Å². The number of phenolic OH excluding ortho intramolecular Hbond substituents is 2. The molecule has 0 unspecified atom stereocenters. The molecule has 5 nitrogen and oxygen atoms in total. The number of unbranched alkanes of at least 4 members (excludes halogenated alkanes) is 3. The molecule has 154 valence electrons. The Hall–Kier alpha value is -3.65. The average Bonchev–Trinajstić information content (AvgIpc) is 2.73. The first-order valence-electron chi connectivity index (χ1n) is 10.1. The smallest absolute Gasteiger partial charge is 0.134 e. The van der Waals surface area contributed by atoms with Gasteiger partial charge in [0, 0.05) is 29.8 Å². The summed E-state index contributed by atoms with van der Waals surface area (Å²) in [6.45, 7) is 2.77. The van der Waals surface area contributed by atoms with Crippen LogP contribution >= 0.6 is 0 Å². The van der Waals surface area contributed by atoms with E-state index in [-0.39, 0.29) is 11.5 Å². The number of ether oxygens (including phenoxy) is 2. The molecular weight excluding hydrogens is 378 g/mol.